The normalized spacial score (nSPS) is 26.0. The van der Waals surface area contributed by atoms with Gasteiger partial charge in [-0.05, 0) is 35.0 Å². The largest absolute Gasteiger partial charge is 0.0622 e. The zero-order chi connectivity index (χ0) is 14.0. The predicted octanol–water partition coefficient (Wildman–Crippen LogP) is 6.30. The highest BCUT2D eigenvalue weighted by atomic mass is 14.4. The maximum Gasteiger partial charge on any atom is -0.0317 e. The fourth-order valence-electron chi connectivity index (χ4n) is 4.40. The molecule has 0 N–H and O–H groups in total. The molecular formula is C18H36. The molecule has 0 aromatic heterocycles. The monoisotopic (exact) mass is 252 g/mol. The first-order valence-corrected chi connectivity index (χ1v) is 8.12. The van der Waals surface area contributed by atoms with Crippen LogP contribution < -0.4 is 0 Å². The van der Waals surface area contributed by atoms with Crippen LogP contribution in [-0.2, 0) is 0 Å². The molecule has 1 aliphatic rings. The van der Waals surface area contributed by atoms with Gasteiger partial charge in [0.1, 0.15) is 0 Å². The van der Waals surface area contributed by atoms with E-state index in [1.807, 2.05) is 0 Å². The molecule has 0 heteroatoms. The van der Waals surface area contributed by atoms with Crippen LogP contribution in [0.2, 0.25) is 0 Å². The van der Waals surface area contributed by atoms with Crippen molar-refractivity contribution in [2.75, 3.05) is 0 Å². The van der Waals surface area contributed by atoms with Crippen molar-refractivity contribution in [3.8, 4) is 0 Å². The van der Waals surface area contributed by atoms with E-state index >= 15 is 0 Å². The summed E-state index contributed by atoms with van der Waals surface area (Å²) in [4.78, 5) is 0. The van der Waals surface area contributed by atoms with Gasteiger partial charge in [-0.3, -0.25) is 0 Å². The van der Waals surface area contributed by atoms with Gasteiger partial charge in [-0.15, -0.1) is 0 Å². The highest BCUT2D eigenvalue weighted by molar-refractivity contribution is 4.84. The summed E-state index contributed by atoms with van der Waals surface area (Å²) in [7, 11) is 0. The van der Waals surface area contributed by atoms with Gasteiger partial charge in [0.2, 0.25) is 0 Å². The molecule has 0 saturated heterocycles. The molecule has 1 fully saturated rings. The molecule has 2 atom stereocenters. The lowest BCUT2D eigenvalue weighted by atomic mass is 9.64. The molecule has 0 aliphatic heterocycles. The van der Waals surface area contributed by atoms with Gasteiger partial charge in [0.15, 0.2) is 0 Å². The Hall–Kier alpha value is 0. The van der Waals surface area contributed by atoms with Crippen LogP contribution in [0.4, 0.5) is 0 Å². The summed E-state index contributed by atoms with van der Waals surface area (Å²) in [6.45, 7) is 17.0. The Balaban J connectivity index is 2.43. The number of rotatable bonds is 4. The molecule has 1 rings (SSSR count). The Morgan fingerprint density at radius 1 is 0.944 bits per heavy atom. The van der Waals surface area contributed by atoms with Crippen molar-refractivity contribution in [1.29, 1.82) is 0 Å². The topological polar surface area (TPSA) is 0 Å². The van der Waals surface area contributed by atoms with Crippen LogP contribution in [-0.4, -0.2) is 0 Å². The summed E-state index contributed by atoms with van der Waals surface area (Å²) in [6.07, 6.45) is 8.78. The molecule has 0 heterocycles. The minimum absolute atomic E-state index is 0.444. The van der Waals surface area contributed by atoms with E-state index in [0.29, 0.717) is 10.8 Å². The maximum absolute atomic E-state index is 2.46. The van der Waals surface area contributed by atoms with Crippen LogP contribution in [0.1, 0.15) is 87.0 Å². The Kier molecular flexibility index (Phi) is 5.32. The maximum atomic E-state index is 2.46. The fraction of sp³-hybridized carbons (Fsp3) is 1.00. The van der Waals surface area contributed by atoms with Crippen LogP contribution in [0.15, 0.2) is 0 Å². The lowest BCUT2D eigenvalue weighted by Crippen LogP contribution is -2.32. The number of hydrogen-bond acceptors (Lipinski definition) is 0. The van der Waals surface area contributed by atoms with Gasteiger partial charge in [-0.2, -0.15) is 0 Å². The third-order valence-electron chi connectivity index (χ3n) is 5.20. The third kappa shape index (κ3) is 4.59. The molecule has 1 saturated carbocycles. The van der Waals surface area contributed by atoms with E-state index in [4.69, 9.17) is 0 Å². The van der Waals surface area contributed by atoms with Gasteiger partial charge in [-0.25, -0.2) is 0 Å². The minimum Gasteiger partial charge on any atom is -0.0622 e. The Morgan fingerprint density at radius 3 is 1.89 bits per heavy atom. The lowest BCUT2D eigenvalue weighted by Gasteiger charge is -2.41. The van der Waals surface area contributed by atoms with Gasteiger partial charge in [-0.1, -0.05) is 80.6 Å². The third-order valence-corrected chi connectivity index (χ3v) is 5.20. The first-order valence-electron chi connectivity index (χ1n) is 8.12. The lowest BCUT2D eigenvalue weighted by molar-refractivity contribution is 0.0880. The zero-order valence-electron chi connectivity index (χ0n) is 14.0. The van der Waals surface area contributed by atoms with Crippen LogP contribution in [0, 0.1) is 28.6 Å². The summed E-state index contributed by atoms with van der Waals surface area (Å²) in [5, 5.41) is 0. The van der Waals surface area contributed by atoms with E-state index in [2.05, 4.69) is 48.5 Å². The highest BCUT2D eigenvalue weighted by Gasteiger charge is 2.34. The molecule has 0 amide bonds. The van der Waals surface area contributed by atoms with Gasteiger partial charge in [0.25, 0.3) is 0 Å². The average Bonchev–Trinajstić information content (AvgIpc) is 2.55. The molecular weight excluding hydrogens is 216 g/mol. The van der Waals surface area contributed by atoms with E-state index in [1.54, 1.807) is 0 Å². The van der Waals surface area contributed by atoms with Crippen molar-refractivity contribution in [3.05, 3.63) is 0 Å². The smallest absolute Gasteiger partial charge is 0.0317 e. The second-order valence-corrected chi connectivity index (χ2v) is 8.88. The van der Waals surface area contributed by atoms with Gasteiger partial charge < -0.3 is 0 Å². The highest BCUT2D eigenvalue weighted by Crippen LogP contribution is 2.44. The summed E-state index contributed by atoms with van der Waals surface area (Å²) in [5.74, 6) is 2.86. The SMILES string of the molecule is CC1CCCC1CCCC(C(C)(C)C)C(C)(C)C. The standard InChI is InChI=1S/C18H36/c1-14-10-8-11-15(14)12-9-13-16(17(2,3)4)18(5,6)7/h14-16H,8-13H2,1-7H3. The molecule has 0 bridgehead atoms. The molecule has 0 aromatic carbocycles. The molecule has 1 aliphatic carbocycles. The molecule has 2 unspecified atom stereocenters. The Morgan fingerprint density at radius 2 is 1.50 bits per heavy atom. The second kappa shape index (κ2) is 5.97. The number of hydrogen-bond donors (Lipinski definition) is 0. The molecule has 0 spiro atoms. The summed E-state index contributed by atoms with van der Waals surface area (Å²) < 4.78 is 0. The Bertz CT molecular complexity index is 224. The van der Waals surface area contributed by atoms with Crippen molar-refractivity contribution in [2.24, 2.45) is 28.6 Å². The average molecular weight is 252 g/mol. The van der Waals surface area contributed by atoms with Crippen molar-refractivity contribution in [3.63, 3.8) is 0 Å². The van der Waals surface area contributed by atoms with E-state index in [-0.39, 0.29) is 0 Å². The summed E-state index contributed by atoms with van der Waals surface area (Å²) in [5.41, 5.74) is 0.888. The summed E-state index contributed by atoms with van der Waals surface area (Å²) >= 11 is 0. The molecule has 108 valence electrons. The zero-order valence-corrected chi connectivity index (χ0v) is 14.0. The van der Waals surface area contributed by atoms with Gasteiger partial charge in [0, 0.05) is 0 Å². The van der Waals surface area contributed by atoms with Crippen LogP contribution in [0.3, 0.4) is 0 Å². The Labute approximate surface area is 116 Å². The van der Waals surface area contributed by atoms with Crippen LogP contribution >= 0.6 is 0 Å². The van der Waals surface area contributed by atoms with Crippen LogP contribution in [0.25, 0.3) is 0 Å². The first kappa shape index (κ1) is 16.1. The summed E-state index contributed by atoms with van der Waals surface area (Å²) in [6, 6.07) is 0. The van der Waals surface area contributed by atoms with Crippen molar-refractivity contribution < 1.29 is 0 Å². The minimum atomic E-state index is 0.444. The first-order chi connectivity index (χ1) is 8.12. The van der Waals surface area contributed by atoms with E-state index in [1.165, 1.54) is 38.5 Å². The molecule has 0 nitrogen and oxygen atoms in total. The second-order valence-electron chi connectivity index (χ2n) is 8.88. The fourth-order valence-corrected chi connectivity index (χ4v) is 4.40. The van der Waals surface area contributed by atoms with Gasteiger partial charge >= 0.3 is 0 Å². The quantitative estimate of drug-likeness (QED) is 0.550. The van der Waals surface area contributed by atoms with E-state index in [9.17, 15) is 0 Å². The van der Waals surface area contributed by atoms with Crippen LogP contribution in [0.5, 0.6) is 0 Å². The molecule has 0 aromatic rings. The van der Waals surface area contributed by atoms with Gasteiger partial charge in [0.05, 0.1) is 0 Å². The van der Waals surface area contributed by atoms with Crippen molar-refractivity contribution >= 4 is 0 Å². The van der Waals surface area contributed by atoms with E-state index in [0.717, 1.165) is 17.8 Å². The van der Waals surface area contributed by atoms with Crippen molar-refractivity contribution in [1.82, 2.24) is 0 Å². The molecule has 18 heavy (non-hydrogen) atoms. The molecule has 0 radical (unpaired) electrons. The predicted molar refractivity (Wildman–Crippen MR) is 82.8 cm³/mol. The van der Waals surface area contributed by atoms with Crippen molar-refractivity contribution in [2.45, 2.75) is 87.0 Å². The van der Waals surface area contributed by atoms with E-state index < -0.39 is 0 Å².